The van der Waals surface area contributed by atoms with E-state index in [9.17, 15) is 0 Å². The molecule has 2 aliphatic rings. The molecule has 2 nitrogen and oxygen atoms in total. The summed E-state index contributed by atoms with van der Waals surface area (Å²) in [5.41, 5.74) is 10.5. The van der Waals surface area contributed by atoms with Crippen molar-refractivity contribution in [1.29, 1.82) is 0 Å². The van der Waals surface area contributed by atoms with E-state index in [0.717, 1.165) is 24.7 Å². The van der Waals surface area contributed by atoms with Crippen LogP contribution in [0.5, 0.6) is 0 Å². The Morgan fingerprint density at radius 1 is 1.32 bits per heavy atom. The number of hydrogen-bond acceptors (Lipinski definition) is 2. The van der Waals surface area contributed by atoms with Crippen LogP contribution in [0.2, 0.25) is 0 Å². The normalized spacial score (nSPS) is 26.9. The highest BCUT2D eigenvalue weighted by Gasteiger charge is 2.32. The van der Waals surface area contributed by atoms with E-state index in [2.05, 4.69) is 30.9 Å². The molecule has 1 heterocycles. The third-order valence-electron chi connectivity index (χ3n) is 5.03. The molecule has 1 aromatic rings. The predicted molar refractivity (Wildman–Crippen MR) is 81.0 cm³/mol. The van der Waals surface area contributed by atoms with Gasteiger partial charge >= 0.3 is 0 Å². The number of anilines is 1. The standard InChI is InChI=1S/C17H26N2/c1-17(2)9-4-6-14(11-17)19-10-8-15-13(12-19)5-3-7-16(15)18/h3,5,7,14H,4,6,8-12,18H2,1-2H3. The number of fused-ring (bicyclic) bond motifs is 1. The smallest absolute Gasteiger partial charge is 0.0350 e. The van der Waals surface area contributed by atoms with Crippen LogP contribution < -0.4 is 5.73 Å². The van der Waals surface area contributed by atoms with Gasteiger partial charge in [-0.25, -0.2) is 0 Å². The molecule has 2 heteroatoms. The summed E-state index contributed by atoms with van der Waals surface area (Å²) in [7, 11) is 0. The summed E-state index contributed by atoms with van der Waals surface area (Å²) in [6, 6.07) is 7.17. The van der Waals surface area contributed by atoms with Crippen LogP contribution in [0.1, 0.15) is 50.7 Å². The maximum absolute atomic E-state index is 6.09. The Morgan fingerprint density at radius 2 is 2.16 bits per heavy atom. The molecule has 3 rings (SSSR count). The zero-order chi connectivity index (χ0) is 13.5. The van der Waals surface area contributed by atoms with Gasteiger partial charge in [0.25, 0.3) is 0 Å². The molecule has 1 aliphatic heterocycles. The molecule has 1 fully saturated rings. The minimum atomic E-state index is 0.527. The Morgan fingerprint density at radius 3 is 2.95 bits per heavy atom. The number of benzene rings is 1. The van der Waals surface area contributed by atoms with Crippen LogP contribution in [-0.4, -0.2) is 17.5 Å². The van der Waals surface area contributed by atoms with Gasteiger partial charge in [-0.15, -0.1) is 0 Å². The van der Waals surface area contributed by atoms with E-state index < -0.39 is 0 Å². The molecule has 0 aromatic heterocycles. The summed E-state index contributed by atoms with van der Waals surface area (Å²) in [5.74, 6) is 0. The first kappa shape index (κ1) is 13.0. The zero-order valence-corrected chi connectivity index (χ0v) is 12.3. The van der Waals surface area contributed by atoms with Crippen LogP contribution in [-0.2, 0) is 13.0 Å². The molecule has 0 amide bonds. The van der Waals surface area contributed by atoms with Gasteiger partial charge in [0.15, 0.2) is 0 Å². The van der Waals surface area contributed by atoms with Gasteiger partial charge in [0.1, 0.15) is 0 Å². The minimum Gasteiger partial charge on any atom is -0.398 e. The van der Waals surface area contributed by atoms with Crippen LogP contribution in [0.3, 0.4) is 0 Å². The summed E-state index contributed by atoms with van der Waals surface area (Å²) in [6.07, 6.45) is 6.63. The van der Waals surface area contributed by atoms with Crippen molar-refractivity contribution >= 4 is 5.69 Å². The van der Waals surface area contributed by atoms with Gasteiger partial charge in [0.2, 0.25) is 0 Å². The van der Waals surface area contributed by atoms with Crippen molar-refractivity contribution in [3.05, 3.63) is 29.3 Å². The molecule has 19 heavy (non-hydrogen) atoms. The first-order chi connectivity index (χ1) is 9.05. The fourth-order valence-electron chi connectivity index (χ4n) is 3.94. The van der Waals surface area contributed by atoms with Crippen molar-refractivity contribution in [2.45, 2.75) is 58.5 Å². The summed E-state index contributed by atoms with van der Waals surface area (Å²) >= 11 is 0. The second-order valence-corrected chi connectivity index (χ2v) is 7.12. The molecular weight excluding hydrogens is 232 g/mol. The highest BCUT2D eigenvalue weighted by atomic mass is 15.2. The van der Waals surface area contributed by atoms with Crippen molar-refractivity contribution in [3.63, 3.8) is 0 Å². The van der Waals surface area contributed by atoms with E-state index in [1.54, 1.807) is 0 Å². The lowest BCUT2D eigenvalue weighted by atomic mass is 9.74. The molecule has 1 atom stereocenters. The van der Waals surface area contributed by atoms with Crippen molar-refractivity contribution in [2.24, 2.45) is 5.41 Å². The molecule has 104 valence electrons. The van der Waals surface area contributed by atoms with Gasteiger partial charge in [-0.05, 0) is 48.3 Å². The van der Waals surface area contributed by atoms with Crippen molar-refractivity contribution < 1.29 is 0 Å². The van der Waals surface area contributed by atoms with E-state index in [1.165, 1.54) is 43.4 Å². The Kier molecular flexibility index (Phi) is 3.30. The Balaban J connectivity index is 1.75. The molecule has 1 aliphatic carbocycles. The first-order valence-corrected chi connectivity index (χ1v) is 7.65. The van der Waals surface area contributed by atoms with Crippen LogP contribution in [0.15, 0.2) is 18.2 Å². The monoisotopic (exact) mass is 258 g/mol. The van der Waals surface area contributed by atoms with Gasteiger partial charge in [-0.2, -0.15) is 0 Å². The molecule has 1 saturated carbocycles. The Bertz CT molecular complexity index is 464. The SMILES string of the molecule is CC1(C)CCCC(N2CCc3c(N)cccc3C2)C1. The quantitative estimate of drug-likeness (QED) is 0.780. The summed E-state index contributed by atoms with van der Waals surface area (Å²) in [5, 5.41) is 0. The fourth-order valence-corrected chi connectivity index (χ4v) is 3.94. The van der Waals surface area contributed by atoms with Crippen LogP contribution in [0.25, 0.3) is 0 Å². The minimum absolute atomic E-state index is 0.527. The number of nitrogen functional groups attached to an aromatic ring is 1. The topological polar surface area (TPSA) is 29.3 Å². The summed E-state index contributed by atoms with van der Waals surface area (Å²) < 4.78 is 0. The van der Waals surface area contributed by atoms with Gasteiger partial charge < -0.3 is 5.73 Å². The lowest BCUT2D eigenvalue weighted by Crippen LogP contribution is -2.43. The number of nitrogens with two attached hydrogens (primary N) is 1. The van der Waals surface area contributed by atoms with Gasteiger partial charge in [0.05, 0.1) is 0 Å². The van der Waals surface area contributed by atoms with Crippen LogP contribution in [0, 0.1) is 5.41 Å². The third kappa shape index (κ3) is 2.64. The number of rotatable bonds is 1. The average molecular weight is 258 g/mol. The maximum atomic E-state index is 6.09. The molecule has 2 N–H and O–H groups in total. The van der Waals surface area contributed by atoms with Gasteiger partial charge in [-0.1, -0.05) is 32.4 Å². The lowest BCUT2D eigenvalue weighted by Gasteiger charge is -2.43. The fraction of sp³-hybridized carbons (Fsp3) is 0.647. The molecule has 0 radical (unpaired) electrons. The molecule has 0 saturated heterocycles. The predicted octanol–water partition coefficient (Wildman–Crippen LogP) is 3.60. The maximum Gasteiger partial charge on any atom is 0.0350 e. The zero-order valence-electron chi connectivity index (χ0n) is 12.3. The summed E-state index contributed by atoms with van der Waals surface area (Å²) in [4.78, 5) is 2.70. The van der Waals surface area contributed by atoms with E-state index in [0.29, 0.717) is 5.41 Å². The van der Waals surface area contributed by atoms with E-state index in [1.807, 2.05) is 6.07 Å². The second-order valence-electron chi connectivity index (χ2n) is 7.12. The van der Waals surface area contributed by atoms with Crippen LogP contribution in [0.4, 0.5) is 5.69 Å². The molecule has 0 spiro atoms. The van der Waals surface area contributed by atoms with Crippen molar-refractivity contribution in [2.75, 3.05) is 12.3 Å². The molecule has 0 bridgehead atoms. The average Bonchev–Trinajstić information content (AvgIpc) is 2.37. The molecule has 1 unspecified atom stereocenters. The third-order valence-corrected chi connectivity index (χ3v) is 5.03. The van der Waals surface area contributed by atoms with E-state index in [4.69, 9.17) is 5.73 Å². The van der Waals surface area contributed by atoms with Gasteiger partial charge in [-0.3, -0.25) is 4.90 Å². The Labute approximate surface area is 117 Å². The second kappa shape index (κ2) is 4.82. The van der Waals surface area contributed by atoms with Crippen LogP contribution >= 0.6 is 0 Å². The lowest BCUT2D eigenvalue weighted by molar-refractivity contribution is 0.0845. The van der Waals surface area contributed by atoms with E-state index >= 15 is 0 Å². The number of nitrogens with zero attached hydrogens (tertiary/aromatic N) is 1. The van der Waals surface area contributed by atoms with E-state index in [-0.39, 0.29) is 0 Å². The molecule has 1 aromatic carbocycles. The van der Waals surface area contributed by atoms with Gasteiger partial charge in [0, 0.05) is 24.8 Å². The number of hydrogen-bond donors (Lipinski definition) is 1. The highest BCUT2D eigenvalue weighted by molar-refractivity contribution is 5.51. The highest BCUT2D eigenvalue weighted by Crippen LogP contribution is 2.38. The van der Waals surface area contributed by atoms with Crippen molar-refractivity contribution in [3.8, 4) is 0 Å². The molecular formula is C17H26N2. The van der Waals surface area contributed by atoms with Crippen molar-refractivity contribution in [1.82, 2.24) is 4.90 Å². The first-order valence-electron chi connectivity index (χ1n) is 7.65. The summed E-state index contributed by atoms with van der Waals surface area (Å²) in [6.45, 7) is 7.13. The Hall–Kier alpha value is -1.02. The largest absolute Gasteiger partial charge is 0.398 e.